The predicted molar refractivity (Wildman–Crippen MR) is 60.1 cm³/mol. The van der Waals surface area contributed by atoms with Gasteiger partial charge in [0.05, 0.1) is 15.5 Å². The third-order valence-electron chi connectivity index (χ3n) is 2.67. The number of imidazole rings is 1. The normalized spacial score (nSPS) is 16.1. The summed E-state index contributed by atoms with van der Waals surface area (Å²) in [5.74, 6) is 0.174. The predicted octanol–water partition coefficient (Wildman–Crippen LogP) is 2.86. The van der Waals surface area contributed by atoms with Gasteiger partial charge in [-0.2, -0.15) is 0 Å². The average molecular weight is 270 g/mol. The average Bonchev–Trinajstić information content (AvgIpc) is 2.93. The molecule has 0 saturated heterocycles. The summed E-state index contributed by atoms with van der Waals surface area (Å²) in [6, 6.07) is 3.61. The van der Waals surface area contributed by atoms with Crippen LogP contribution in [0.1, 0.15) is 18.9 Å². The van der Waals surface area contributed by atoms with Crippen molar-refractivity contribution in [2.75, 3.05) is 5.73 Å². The quantitative estimate of drug-likeness (QED) is 0.865. The maximum atomic E-state index is 13.3. The molecule has 2 aromatic rings. The fourth-order valence-corrected chi connectivity index (χ4v) is 2.16. The minimum Gasteiger partial charge on any atom is -0.369 e. The Morgan fingerprint density at radius 3 is 2.87 bits per heavy atom. The van der Waals surface area contributed by atoms with Crippen LogP contribution >= 0.6 is 15.9 Å². The Balaban J connectivity index is 2.34. The van der Waals surface area contributed by atoms with Crippen molar-refractivity contribution in [1.29, 1.82) is 0 Å². The van der Waals surface area contributed by atoms with Crippen molar-refractivity contribution in [3.05, 3.63) is 22.4 Å². The monoisotopic (exact) mass is 269 g/mol. The summed E-state index contributed by atoms with van der Waals surface area (Å²) in [4.78, 5) is 4.16. The van der Waals surface area contributed by atoms with Crippen LogP contribution in [-0.4, -0.2) is 9.55 Å². The lowest BCUT2D eigenvalue weighted by atomic mass is 10.3. The van der Waals surface area contributed by atoms with Crippen molar-refractivity contribution in [3.63, 3.8) is 0 Å². The molecule has 3 rings (SSSR count). The summed E-state index contributed by atoms with van der Waals surface area (Å²) in [6.45, 7) is 0. The van der Waals surface area contributed by atoms with Gasteiger partial charge in [-0.3, -0.25) is 0 Å². The van der Waals surface area contributed by atoms with Crippen molar-refractivity contribution in [2.24, 2.45) is 0 Å². The third kappa shape index (κ3) is 1.33. The van der Waals surface area contributed by atoms with E-state index in [-0.39, 0.29) is 5.82 Å². The van der Waals surface area contributed by atoms with Gasteiger partial charge >= 0.3 is 0 Å². The van der Waals surface area contributed by atoms with Gasteiger partial charge in [-0.1, -0.05) is 0 Å². The molecule has 0 bridgehead atoms. The maximum Gasteiger partial charge on any atom is 0.201 e. The second-order valence-corrected chi connectivity index (χ2v) is 4.68. The number of nitrogens with zero attached hydrogens (tertiary/aromatic N) is 2. The highest BCUT2D eigenvalue weighted by Crippen LogP contribution is 2.40. The van der Waals surface area contributed by atoms with Crippen LogP contribution in [0.5, 0.6) is 0 Å². The molecular weight excluding hydrogens is 261 g/mol. The first-order valence-electron chi connectivity index (χ1n) is 4.79. The number of hydrogen-bond donors (Lipinski definition) is 1. The molecule has 1 aliphatic carbocycles. The van der Waals surface area contributed by atoms with Gasteiger partial charge in [-0.25, -0.2) is 9.37 Å². The van der Waals surface area contributed by atoms with Gasteiger partial charge in [-0.15, -0.1) is 0 Å². The van der Waals surface area contributed by atoms with E-state index in [1.165, 1.54) is 6.07 Å². The van der Waals surface area contributed by atoms with Crippen molar-refractivity contribution < 1.29 is 4.39 Å². The number of hydrogen-bond acceptors (Lipinski definition) is 2. The largest absolute Gasteiger partial charge is 0.369 e. The molecule has 1 aliphatic rings. The molecule has 3 nitrogen and oxygen atoms in total. The molecule has 1 fully saturated rings. The first-order chi connectivity index (χ1) is 7.16. The van der Waals surface area contributed by atoms with E-state index in [4.69, 9.17) is 5.73 Å². The standard InChI is InChI=1S/C10H9BrFN3/c11-6-3-9-8(4-7(6)12)14-10(13)15(9)5-1-2-5/h3-5H,1-2H2,(H2,13,14). The van der Waals surface area contributed by atoms with Crippen LogP contribution in [0.3, 0.4) is 0 Å². The molecule has 5 heteroatoms. The zero-order chi connectivity index (χ0) is 10.6. The van der Waals surface area contributed by atoms with E-state index in [9.17, 15) is 4.39 Å². The summed E-state index contributed by atoms with van der Waals surface area (Å²) >= 11 is 3.17. The van der Waals surface area contributed by atoms with Crippen LogP contribution in [0.15, 0.2) is 16.6 Å². The molecule has 0 spiro atoms. The Hall–Kier alpha value is -1.10. The Labute approximate surface area is 94.2 Å². The van der Waals surface area contributed by atoms with E-state index in [0.29, 0.717) is 22.0 Å². The van der Waals surface area contributed by atoms with E-state index in [1.807, 2.05) is 4.57 Å². The second-order valence-electron chi connectivity index (χ2n) is 3.83. The zero-order valence-corrected chi connectivity index (χ0v) is 9.46. The van der Waals surface area contributed by atoms with Gasteiger partial charge in [0.1, 0.15) is 5.82 Å². The van der Waals surface area contributed by atoms with Crippen molar-refractivity contribution in [3.8, 4) is 0 Å². The lowest BCUT2D eigenvalue weighted by molar-refractivity contribution is 0.622. The van der Waals surface area contributed by atoms with E-state index in [2.05, 4.69) is 20.9 Å². The van der Waals surface area contributed by atoms with Crippen LogP contribution in [0, 0.1) is 5.82 Å². The van der Waals surface area contributed by atoms with Crippen LogP contribution in [-0.2, 0) is 0 Å². The van der Waals surface area contributed by atoms with Gasteiger partial charge in [0, 0.05) is 12.1 Å². The van der Waals surface area contributed by atoms with Crippen molar-refractivity contribution in [2.45, 2.75) is 18.9 Å². The summed E-state index contributed by atoms with van der Waals surface area (Å²) in [7, 11) is 0. The highest BCUT2D eigenvalue weighted by molar-refractivity contribution is 9.10. The Morgan fingerprint density at radius 2 is 2.20 bits per heavy atom. The first kappa shape index (κ1) is 9.15. The van der Waals surface area contributed by atoms with Crippen LogP contribution in [0.2, 0.25) is 0 Å². The lowest BCUT2D eigenvalue weighted by Gasteiger charge is -2.03. The molecule has 0 unspecified atom stereocenters. The van der Waals surface area contributed by atoms with E-state index in [0.717, 1.165) is 18.4 Å². The minimum atomic E-state index is -0.303. The molecule has 0 amide bonds. The van der Waals surface area contributed by atoms with E-state index < -0.39 is 0 Å². The molecule has 2 N–H and O–H groups in total. The van der Waals surface area contributed by atoms with E-state index in [1.54, 1.807) is 6.07 Å². The van der Waals surface area contributed by atoms with Gasteiger partial charge in [-0.05, 0) is 34.8 Å². The molecular formula is C10H9BrFN3. The third-order valence-corrected chi connectivity index (χ3v) is 3.28. The summed E-state index contributed by atoms with van der Waals surface area (Å²) in [6.07, 6.45) is 2.26. The van der Waals surface area contributed by atoms with Crippen LogP contribution in [0.25, 0.3) is 11.0 Å². The molecule has 0 radical (unpaired) electrons. The topological polar surface area (TPSA) is 43.8 Å². The lowest BCUT2D eigenvalue weighted by Crippen LogP contribution is -2.00. The number of aromatic nitrogens is 2. The molecule has 0 atom stereocenters. The van der Waals surface area contributed by atoms with Gasteiger partial charge in [0.25, 0.3) is 0 Å². The molecule has 0 aliphatic heterocycles. The molecule has 1 aromatic heterocycles. The van der Waals surface area contributed by atoms with Crippen LogP contribution < -0.4 is 5.73 Å². The number of halogens is 2. The SMILES string of the molecule is Nc1nc2cc(F)c(Br)cc2n1C1CC1. The summed E-state index contributed by atoms with van der Waals surface area (Å²) in [5.41, 5.74) is 7.34. The summed E-state index contributed by atoms with van der Waals surface area (Å²) in [5, 5.41) is 0. The number of fused-ring (bicyclic) bond motifs is 1. The maximum absolute atomic E-state index is 13.3. The second kappa shape index (κ2) is 2.95. The Bertz CT molecular complexity index is 545. The van der Waals surface area contributed by atoms with Crippen molar-refractivity contribution >= 4 is 32.9 Å². The number of nitrogen functional groups attached to an aromatic ring is 1. The zero-order valence-electron chi connectivity index (χ0n) is 7.87. The number of nitrogens with two attached hydrogens (primary N) is 1. The minimum absolute atomic E-state index is 0.303. The highest BCUT2D eigenvalue weighted by atomic mass is 79.9. The number of anilines is 1. The first-order valence-corrected chi connectivity index (χ1v) is 5.58. The number of rotatable bonds is 1. The fourth-order valence-electron chi connectivity index (χ4n) is 1.83. The molecule has 1 heterocycles. The Morgan fingerprint density at radius 1 is 1.47 bits per heavy atom. The van der Waals surface area contributed by atoms with Gasteiger partial charge < -0.3 is 10.3 Å². The van der Waals surface area contributed by atoms with Gasteiger partial charge in [0.15, 0.2) is 0 Å². The van der Waals surface area contributed by atoms with Gasteiger partial charge in [0.2, 0.25) is 5.95 Å². The van der Waals surface area contributed by atoms with Crippen LogP contribution in [0.4, 0.5) is 10.3 Å². The smallest absolute Gasteiger partial charge is 0.201 e. The molecule has 1 saturated carbocycles. The fraction of sp³-hybridized carbons (Fsp3) is 0.300. The highest BCUT2D eigenvalue weighted by Gasteiger charge is 2.27. The summed E-state index contributed by atoms with van der Waals surface area (Å²) < 4.78 is 15.7. The van der Waals surface area contributed by atoms with Crippen molar-refractivity contribution in [1.82, 2.24) is 9.55 Å². The number of benzene rings is 1. The molecule has 78 valence electrons. The Kier molecular flexibility index (Phi) is 1.80. The van der Waals surface area contributed by atoms with E-state index >= 15 is 0 Å². The molecule has 1 aromatic carbocycles. The molecule has 15 heavy (non-hydrogen) atoms.